The molecule has 238 valence electrons. The van der Waals surface area contributed by atoms with Gasteiger partial charge in [0, 0.05) is 35.4 Å². The third-order valence-electron chi connectivity index (χ3n) is 6.62. The molecule has 1 saturated heterocycles. The minimum absolute atomic E-state index is 0.0934. The van der Waals surface area contributed by atoms with Crippen molar-refractivity contribution in [1.29, 1.82) is 0 Å². The van der Waals surface area contributed by atoms with E-state index in [-0.39, 0.29) is 26.1 Å². The monoisotopic (exact) mass is 630 g/mol. The molecule has 2 aromatic carbocycles. The Morgan fingerprint density at radius 2 is 1.76 bits per heavy atom. The Bertz CT molecular complexity index is 1570. The van der Waals surface area contributed by atoms with E-state index >= 15 is 0 Å². The second-order valence-corrected chi connectivity index (χ2v) is 9.73. The van der Waals surface area contributed by atoms with Crippen LogP contribution in [0.25, 0.3) is 10.9 Å². The van der Waals surface area contributed by atoms with Crippen LogP contribution in [0.5, 0.6) is 5.75 Å². The fraction of sp³-hybridized carbons (Fsp3) is 0.300. The molecule has 4 N–H and O–H groups in total. The Balaban J connectivity index is 0.000000707. The first-order valence-corrected chi connectivity index (χ1v) is 13.3. The average molecular weight is 631 g/mol. The number of nitrogens with one attached hydrogen (secondary N) is 2. The summed E-state index contributed by atoms with van der Waals surface area (Å²) in [4.78, 5) is 52.2. The SMILES string of the molecule is C#CCOC(=O)N1CC[C@H](C(=O)Nc2ccc(OCc3cc(C)nc4ccccc34)cc2)[C@@H](C(=O)NO)C1.O=C(O)C(F)(F)F. The number of hydrogen-bond donors (Lipinski definition) is 4. The first kappa shape index (κ1) is 34.1. The number of anilines is 1. The molecule has 2 heterocycles. The van der Waals surface area contributed by atoms with Crippen LogP contribution in [-0.4, -0.2) is 69.9 Å². The summed E-state index contributed by atoms with van der Waals surface area (Å²) in [7, 11) is 0. The van der Waals surface area contributed by atoms with Gasteiger partial charge in [-0.05, 0) is 49.7 Å². The zero-order valence-electron chi connectivity index (χ0n) is 23.8. The van der Waals surface area contributed by atoms with Gasteiger partial charge in [0.2, 0.25) is 11.8 Å². The molecular formula is C30H29F3N4O8. The van der Waals surface area contributed by atoms with Crippen molar-refractivity contribution in [2.45, 2.75) is 26.1 Å². The molecule has 12 nitrogen and oxygen atoms in total. The smallest absolute Gasteiger partial charge is 0.489 e. The second kappa shape index (κ2) is 15.4. The van der Waals surface area contributed by atoms with E-state index in [9.17, 15) is 27.6 Å². The van der Waals surface area contributed by atoms with Crippen LogP contribution in [0.15, 0.2) is 54.6 Å². The Morgan fingerprint density at radius 3 is 2.38 bits per heavy atom. The van der Waals surface area contributed by atoms with E-state index in [1.807, 2.05) is 37.3 Å². The number of amides is 3. The van der Waals surface area contributed by atoms with Crippen molar-refractivity contribution in [3.05, 3.63) is 65.9 Å². The number of hydrogen-bond acceptors (Lipinski definition) is 8. The lowest BCUT2D eigenvalue weighted by molar-refractivity contribution is -0.192. The Morgan fingerprint density at radius 1 is 1.09 bits per heavy atom. The van der Waals surface area contributed by atoms with Gasteiger partial charge in [-0.2, -0.15) is 13.2 Å². The predicted octanol–water partition coefficient (Wildman–Crippen LogP) is 3.91. The summed E-state index contributed by atoms with van der Waals surface area (Å²) in [6, 6.07) is 16.8. The first-order chi connectivity index (χ1) is 21.3. The Hall–Kier alpha value is -5.36. The van der Waals surface area contributed by atoms with E-state index in [0.717, 1.165) is 22.2 Å². The number of carboxylic acid groups (broad SMARTS) is 1. The summed E-state index contributed by atoms with van der Waals surface area (Å²) in [6.07, 6.45) is -0.446. The summed E-state index contributed by atoms with van der Waals surface area (Å²) in [5.74, 6) is -2.82. The fourth-order valence-electron chi connectivity index (χ4n) is 4.52. The minimum atomic E-state index is -5.08. The van der Waals surface area contributed by atoms with Crippen molar-refractivity contribution in [2.24, 2.45) is 11.8 Å². The topological polar surface area (TPSA) is 167 Å². The van der Waals surface area contributed by atoms with Crippen LogP contribution in [0, 0.1) is 31.1 Å². The number of benzene rings is 2. The first-order valence-electron chi connectivity index (χ1n) is 13.3. The van der Waals surface area contributed by atoms with Gasteiger partial charge in [0.1, 0.15) is 12.4 Å². The number of pyridine rings is 1. The molecule has 3 amide bonds. The molecule has 1 aromatic heterocycles. The largest absolute Gasteiger partial charge is 0.490 e. The molecule has 0 aliphatic carbocycles. The zero-order valence-corrected chi connectivity index (χ0v) is 23.8. The van der Waals surface area contributed by atoms with Crippen molar-refractivity contribution in [1.82, 2.24) is 15.4 Å². The predicted molar refractivity (Wildman–Crippen MR) is 153 cm³/mol. The molecule has 45 heavy (non-hydrogen) atoms. The maximum atomic E-state index is 13.0. The number of carbonyl (C=O) groups excluding carboxylic acids is 3. The number of hydroxylamine groups is 1. The molecule has 4 rings (SSSR count). The van der Waals surface area contributed by atoms with E-state index < -0.39 is 41.9 Å². The number of terminal acetylenes is 1. The lowest BCUT2D eigenvalue weighted by Crippen LogP contribution is -2.52. The number of fused-ring (bicyclic) bond motifs is 1. The summed E-state index contributed by atoms with van der Waals surface area (Å²) in [6.45, 7) is 2.21. The lowest BCUT2D eigenvalue weighted by Gasteiger charge is -2.35. The Kier molecular flexibility index (Phi) is 11.7. The van der Waals surface area contributed by atoms with Gasteiger partial charge < -0.3 is 24.8 Å². The van der Waals surface area contributed by atoms with Crippen LogP contribution < -0.4 is 15.5 Å². The van der Waals surface area contributed by atoms with Gasteiger partial charge >= 0.3 is 18.2 Å². The molecule has 1 aliphatic rings. The van der Waals surface area contributed by atoms with Crippen molar-refractivity contribution in [3.63, 3.8) is 0 Å². The molecule has 0 bridgehead atoms. The molecule has 1 fully saturated rings. The fourth-order valence-corrected chi connectivity index (χ4v) is 4.52. The highest BCUT2D eigenvalue weighted by atomic mass is 19.4. The highest BCUT2D eigenvalue weighted by Gasteiger charge is 2.40. The number of aliphatic carboxylic acids is 1. The molecule has 0 spiro atoms. The summed E-state index contributed by atoms with van der Waals surface area (Å²) in [5, 5.41) is 20.1. The van der Waals surface area contributed by atoms with E-state index in [1.54, 1.807) is 29.7 Å². The average Bonchev–Trinajstić information content (AvgIpc) is 3.02. The number of aryl methyl sites for hydroxylation is 1. The van der Waals surface area contributed by atoms with Crippen LogP contribution in [-0.2, 0) is 25.7 Å². The van der Waals surface area contributed by atoms with Gasteiger partial charge in [-0.25, -0.2) is 15.1 Å². The van der Waals surface area contributed by atoms with Crippen molar-refractivity contribution in [2.75, 3.05) is 25.0 Å². The van der Waals surface area contributed by atoms with Crippen LogP contribution >= 0.6 is 0 Å². The van der Waals surface area contributed by atoms with Gasteiger partial charge in [-0.15, -0.1) is 6.42 Å². The number of para-hydroxylation sites is 1. The number of alkyl halides is 3. The normalized spacial score (nSPS) is 16.0. The number of piperidine rings is 1. The number of ether oxygens (including phenoxy) is 2. The van der Waals surface area contributed by atoms with Gasteiger partial charge in [-0.3, -0.25) is 19.8 Å². The number of aromatic nitrogens is 1. The number of carboxylic acids is 1. The molecule has 0 radical (unpaired) electrons. The Labute approximate surface area is 255 Å². The van der Waals surface area contributed by atoms with Gasteiger partial charge in [0.25, 0.3) is 0 Å². The number of rotatable bonds is 7. The van der Waals surface area contributed by atoms with E-state index in [4.69, 9.17) is 31.0 Å². The highest BCUT2D eigenvalue weighted by molar-refractivity contribution is 5.96. The summed E-state index contributed by atoms with van der Waals surface area (Å²) >= 11 is 0. The highest BCUT2D eigenvalue weighted by Crippen LogP contribution is 2.27. The summed E-state index contributed by atoms with van der Waals surface area (Å²) in [5.41, 5.74) is 4.94. The van der Waals surface area contributed by atoms with Crippen molar-refractivity contribution >= 4 is 40.5 Å². The van der Waals surface area contributed by atoms with Gasteiger partial charge in [0.15, 0.2) is 6.61 Å². The third kappa shape index (κ3) is 9.57. The van der Waals surface area contributed by atoms with E-state index in [0.29, 0.717) is 18.0 Å². The van der Waals surface area contributed by atoms with Crippen LogP contribution in [0.1, 0.15) is 17.7 Å². The molecule has 2 atom stereocenters. The number of nitrogens with zero attached hydrogens (tertiary/aromatic N) is 2. The van der Waals surface area contributed by atoms with Crippen LogP contribution in [0.2, 0.25) is 0 Å². The minimum Gasteiger partial charge on any atom is -0.489 e. The molecule has 3 aromatic rings. The number of halogens is 3. The third-order valence-corrected chi connectivity index (χ3v) is 6.62. The zero-order chi connectivity index (χ0) is 33.1. The summed E-state index contributed by atoms with van der Waals surface area (Å²) < 4.78 is 42.6. The molecule has 0 saturated carbocycles. The maximum absolute atomic E-state index is 13.0. The van der Waals surface area contributed by atoms with Crippen molar-refractivity contribution < 1.29 is 52.1 Å². The maximum Gasteiger partial charge on any atom is 0.490 e. The number of carbonyl (C=O) groups is 4. The standard InChI is InChI=1S/C28H28N4O6.C2HF3O2/c1-3-14-37-28(35)32-13-12-23(24(16-32)27(34)31-36)26(33)30-20-8-10-21(11-9-20)38-17-19-15-18(2)29-25-7-5-4-6-22(19)25;3-2(4,5)1(6)7/h1,4-11,15,23-24,36H,12-14,16-17H2,2H3,(H,30,33)(H,31,34);(H,6,7)/t23-,24-;/m0./s1. The van der Waals surface area contributed by atoms with Gasteiger partial charge in [0.05, 0.1) is 17.4 Å². The van der Waals surface area contributed by atoms with Crippen LogP contribution in [0.3, 0.4) is 0 Å². The molecule has 1 aliphatic heterocycles. The number of likely N-dealkylation sites (tertiary alicyclic amines) is 1. The lowest BCUT2D eigenvalue weighted by atomic mass is 9.84. The van der Waals surface area contributed by atoms with Crippen molar-refractivity contribution in [3.8, 4) is 18.1 Å². The second-order valence-electron chi connectivity index (χ2n) is 9.73. The molecule has 15 heteroatoms. The van der Waals surface area contributed by atoms with E-state index in [2.05, 4.69) is 16.2 Å². The van der Waals surface area contributed by atoms with E-state index in [1.165, 1.54) is 4.90 Å². The quantitative estimate of drug-likeness (QED) is 0.172. The van der Waals surface area contributed by atoms with Crippen LogP contribution in [0.4, 0.5) is 23.7 Å². The molecule has 0 unspecified atom stereocenters. The molecular weight excluding hydrogens is 601 g/mol. The van der Waals surface area contributed by atoms with Gasteiger partial charge in [-0.1, -0.05) is 24.1 Å².